The molecule has 122 valence electrons. The minimum atomic E-state index is -0.561. The molecule has 0 saturated heterocycles. The number of nitrogens with zero attached hydrogens (tertiary/aromatic N) is 1. The average molecular weight is 327 g/mol. The zero-order chi connectivity index (χ0) is 16.9. The fourth-order valence-corrected chi connectivity index (χ4v) is 2.11. The summed E-state index contributed by atoms with van der Waals surface area (Å²) < 4.78 is 15.8. The van der Waals surface area contributed by atoms with Crippen LogP contribution in [0.3, 0.4) is 0 Å². The van der Waals surface area contributed by atoms with Gasteiger partial charge in [0.2, 0.25) is 0 Å². The van der Waals surface area contributed by atoms with Crippen molar-refractivity contribution in [2.45, 2.75) is 6.61 Å². The molecule has 0 bridgehead atoms. The minimum absolute atomic E-state index is 0.0110. The van der Waals surface area contributed by atoms with Crippen LogP contribution in [-0.2, 0) is 16.1 Å². The maximum Gasteiger partial charge on any atom is 0.344 e. The summed E-state index contributed by atoms with van der Waals surface area (Å²) in [4.78, 5) is 21.7. The van der Waals surface area contributed by atoms with E-state index in [0.29, 0.717) is 11.5 Å². The summed E-state index contributed by atoms with van der Waals surface area (Å²) in [6.07, 6.45) is 0. The summed E-state index contributed by atoms with van der Waals surface area (Å²) in [5.41, 5.74) is 0.681. The molecule has 0 amide bonds. The Morgan fingerprint density at radius 3 is 2.58 bits per heavy atom. The number of furan rings is 1. The highest BCUT2D eigenvalue weighted by atomic mass is 16.6. The second-order valence-electron chi connectivity index (χ2n) is 4.95. The van der Waals surface area contributed by atoms with Crippen LogP contribution in [0.5, 0.6) is 5.75 Å². The van der Waals surface area contributed by atoms with E-state index < -0.39 is 10.9 Å². The Bertz CT molecular complexity index is 835. The minimum Gasteiger partial charge on any atom is -0.482 e. The molecule has 3 rings (SSSR count). The van der Waals surface area contributed by atoms with Gasteiger partial charge in [0.1, 0.15) is 23.7 Å². The monoisotopic (exact) mass is 327 g/mol. The smallest absolute Gasteiger partial charge is 0.344 e. The second kappa shape index (κ2) is 6.82. The van der Waals surface area contributed by atoms with E-state index in [9.17, 15) is 14.9 Å². The number of carbonyl (C=O) groups excluding carboxylic acids is 1. The zero-order valence-corrected chi connectivity index (χ0v) is 12.5. The van der Waals surface area contributed by atoms with Gasteiger partial charge in [-0.05, 0) is 24.3 Å². The van der Waals surface area contributed by atoms with Crippen LogP contribution in [0.2, 0.25) is 0 Å². The number of esters is 1. The van der Waals surface area contributed by atoms with Crippen molar-refractivity contribution in [2.24, 2.45) is 0 Å². The molecule has 0 saturated carbocycles. The van der Waals surface area contributed by atoms with Crippen molar-refractivity contribution in [3.63, 3.8) is 0 Å². The second-order valence-corrected chi connectivity index (χ2v) is 4.95. The molecule has 0 radical (unpaired) electrons. The summed E-state index contributed by atoms with van der Waals surface area (Å²) in [6, 6.07) is 14.7. The molecule has 0 spiro atoms. The molecule has 0 N–H and O–H groups in total. The third kappa shape index (κ3) is 3.70. The van der Waals surface area contributed by atoms with Gasteiger partial charge in [0.25, 0.3) is 5.69 Å². The lowest BCUT2D eigenvalue weighted by molar-refractivity contribution is -0.384. The summed E-state index contributed by atoms with van der Waals surface area (Å²) >= 11 is 0. The van der Waals surface area contributed by atoms with Gasteiger partial charge in [-0.25, -0.2) is 4.79 Å². The number of nitro benzene ring substituents is 1. The third-order valence-electron chi connectivity index (χ3n) is 3.26. The predicted molar refractivity (Wildman–Crippen MR) is 84.6 cm³/mol. The van der Waals surface area contributed by atoms with E-state index in [1.165, 1.54) is 24.3 Å². The van der Waals surface area contributed by atoms with E-state index in [2.05, 4.69) is 0 Å². The van der Waals surface area contributed by atoms with Crippen molar-refractivity contribution >= 4 is 22.6 Å². The highest BCUT2D eigenvalue weighted by Gasteiger charge is 2.09. The molecule has 1 heterocycles. The molecule has 2 aromatic carbocycles. The van der Waals surface area contributed by atoms with Crippen LogP contribution < -0.4 is 4.74 Å². The first-order valence-corrected chi connectivity index (χ1v) is 7.12. The summed E-state index contributed by atoms with van der Waals surface area (Å²) in [6.45, 7) is -0.283. The molecule has 7 nitrogen and oxygen atoms in total. The fraction of sp³-hybridized carbons (Fsp3) is 0.118. The lowest BCUT2D eigenvalue weighted by atomic mass is 10.2. The zero-order valence-electron chi connectivity index (χ0n) is 12.5. The standard InChI is InChI=1S/C17H13NO6/c19-17(11-22-14-7-5-13(6-8-14)18(20)21)23-10-15-9-12-3-1-2-4-16(12)24-15/h1-9H,10-11H2. The van der Waals surface area contributed by atoms with E-state index in [1.807, 2.05) is 24.3 Å². The third-order valence-corrected chi connectivity index (χ3v) is 3.26. The number of rotatable bonds is 6. The van der Waals surface area contributed by atoms with Gasteiger partial charge in [-0.2, -0.15) is 0 Å². The van der Waals surface area contributed by atoms with Crippen molar-refractivity contribution in [1.29, 1.82) is 0 Å². The summed E-state index contributed by atoms with van der Waals surface area (Å²) in [7, 11) is 0. The Kier molecular flexibility index (Phi) is 4.42. The predicted octanol–water partition coefficient (Wildman–Crippen LogP) is 3.46. The number of ether oxygens (including phenoxy) is 2. The maximum absolute atomic E-state index is 11.7. The van der Waals surface area contributed by atoms with Gasteiger partial charge in [-0.15, -0.1) is 0 Å². The van der Waals surface area contributed by atoms with Crippen LogP contribution in [0, 0.1) is 10.1 Å². The molecule has 3 aromatic rings. The van der Waals surface area contributed by atoms with E-state index >= 15 is 0 Å². The van der Waals surface area contributed by atoms with Crippen LogP contribution in [0.15, 0.2) is 59.0 Å². The number of hydrogen-bond donors (Lipinski definition) is 0. The molecule has 0 fully saturated rings. The first-order chi connectivity index (χ1) is 11.6. The molecule has 0 atom stereocenters. The molecular formula is C17H13NO6. The molecule has 24 heavy (non-hydrogen) atoms. The first-order valence-electron chi connectivity index (χ1n) is 7.12. The molecule has 0 unspecified atom stereocenters. The number of hydrogen-bond acceptors (Lipinski definition) is 6. The SMILES string of the molecule is O=C(COc1ccc([N+](=O)[O-])cc1)OCc1cc2ccccc2o1. The highest BCUT2D eigenvalue weighted by Crippen LogP contribution is 2.20. The number of carbonyl (C=O) groups is 1. The van der Waals surface area contributed by atoms with E-state index in [4.69, 9.17) is 13.9 Å². The van der Waals surface area contributed by atoms with Crippen molar-refractivity contribution in [3.05, 3.63) is 70.5 Å². The maximum atomic E-state index is 11.7. The summed E-state index contributed by atoms with van der Waals surface area (Å²) in [5, 5.41) is 11.5. The van der Waals surface area contributed by atoms with Crippen LogP contribution in [-0.4, -0.2) is 17.5 Å². The van der Waals surface area contributed by atoms with Crippen molar-refractivity contribution in [1.82, 2.24) is 0 Å². The van der Waals surface area contributed by atoms with Crippen LogP contribution >= 0.6 is 0 Å². The largest absolute Gasteiger partial charge is 0.482 e. The lowest BCUT2D eigenvalue weighted by Crippen LogP contribution is -2.14. The Morgan fingerprint density at radius 2 is 1.88 bits per heavy atom. The van der Waals surface area contributed by atoms with Crippen molar-refractivity contribution < 1.29 is 23.6 Å². The topological polar surface area (TPSA) is 91.8 Å². The number of non-ortho nitro benzene ring substituents is 1. The normalized spacial score (nSPS) is 10.5. The van der Waals surface area contributed by atoms with Gasteiger partial charge in [0.15, 0.2) is 6.61 Å². The van der Waals surface area contributed by atoms with Crippen molar-refractivity contribution in [2.75, 3.05) is 6.61 Å². The molecule has 1 aromatic heterocycles. The Labute approximate surface area is 136 Å². The quantitative estimate of drug-likeness (QED) is 0.391. The van der Waals surface area contributed by atoms with Gasteiger partial charge in [-0.3, -0.25) is 10.1 Å². The Morgan fingerprint density at radius 1 is 1.12 bits per heavy atom. The Balaban J connectivity index is 1.49. The van der Waals surface area contributed by atoms with Gasteiger partial charge in [-0.1, -0.05) is 18.2 Å². The molecular weight excluding hydrogens is 314 g/mol. The van der Waals surface area contributed by atoms with E-state index in [-0.39, 0.29) is 18.9 Å². The van der Waals surface area contributed by atoms with Gasteiger partial charge in [0, 0.05) is 17.5 Å². The lowest BCUT2D eigenvalue weighted by Gasteiger charge is -2.05. The fourth-order valence-electron chi connectivity index (χ4n) is 2.11. The molecule has 0 aliphatic rings. The molecule has 0 aliphatic carbocycles. The van der Waals surface area contributed by atoms with Gasteiger partial charge in [0.05, 0.1) is 4.92 Å². The van der Waals surface area contributed by atoms with Crippen LogP contribution in [0.1, 0.15) is 5.76 Å². The first kappa shape index (κ1) is 15.5. The number of benzene rings is 2. The van der Waals surface area contributed by atoms with Gasteiger partial charge >= 0.3 is 5.97 Å². The number of fused-ring (bicyclic) bond motifs is 1. The van der Waals surface area contributed by atoms with Gasteiger partial charge < -0.3 is 13.9 Å². The molecule has 7 heteroatoms. The summed E-state index contributed by atoms with van der Waals surface area (Å²) in [5.74, 6) is 0.329. The van der Waals surface area contributed by atoms with Crippen LogP contribution in [0.25, 0.3) is 11.0 Å². The molecule has 0 aliphatic heterocycles. The van der Waals surface area contributed by atoms with Crippen LogP contribution in [0.4, 0.5) is 5.69 Å². The highest BCUT2D eigenvalue weighted by molar-refractivity contribution is 5.77. The average Bonchev–Trinajstić information content (AvgIpc) is 3.01. The Hall–Kier alpha value is -3.35. The number of para-hydroxylation sites is 1. The van der Waals surface area contributed by atoms with E-state index in [1.54, 1.807) is 6.07 Å². The number of nitro groups is 1. The van der Waals surface area contributed by atoms with Crippen molar-refractivity contribution in [3.8, 4) is 5.75 Å². The van der Waals surface area contributed by atoms with E-state index in [0.717, 1.165) is 11.0 Å².